The highest BCUT2D eigenvalue weighted by Gasteiger charge is 2.15. The topological polar surface area (TPSA) is 110 Å². The fourth-order valence-electron chi connectivity index (χ4n) is 2.29. The molecule has 0 aliphatic carbocycles. The number of furan rings is 1. The van der Waals surface area contributed by atoms with Gasteiger partial charge in [-0.3, -0.25) is 20.4 Å². The van der Waals surface area contributed by atoms with Gasteiger partial charge in [0.2, 0.25) is 0 Å². The van der Waals surface area contributed by atoms with E-state index in [4.69, 9.17) is 8.94 Å². The minimum atomic E-state index is -0.445. The lowest BCUT2D eigenvalue weighted by atomic mass is 10.1. The van der Waals surface area contributed by atoms with Gasteiger partial charge < -0.3 is 8.94 Å². The van der Waals surface area contributed by atoms with E-state index < -0.39 is 11.8 Å². The molecule has 2 amide bonds. The van der Waals surface area contributed by atoms with E-state index in [0.29, 0.717) is 39.9 Å². The van der Waals surface area contributed by atoms with Crippen molar-refractivity contribution in [3.63, 3.8) is 0 Å². The SMILES string of the molecule is Cc1noc(-c2ccc(C(=O)NNC(=O)c3cc(C)oc3C)cc2)n1. The largest absolute Gasteiger partial charge is 0.466 e. The van der Waals surface area contributed by atoms with Gasteiger partial charge in [-0.1, -0.05) is 5.16 Å². The Morgan fingerprint density at radius 1 is 1.00 bits per heavy atom. The first-order valence-corrected chi connectivity index (χ1v) is 7.52. The van der Waals surface area contributed by atoms with Gasteiger partial charge in [0.25, 0.3) is 17.7 Å². The molecule has 25 heavy (non-hydrogen) atoms. The van der Waals surface area contributed by atoms with Gasteiger partial charge in [0, 0.05) is 11.1 Å². The van der Waals surface area contributed by atoms with Crippen LogP contribution in [-0.4, -0.2) is 22.0 Å². The van der Waals surface area contributed by atoms with Crippen molar-refractivity contribution < 1.29 is 18.5 Å². The number of hydrazine groups is 1. The van der Waals surface area contributed by atoms with Crippen LogP contribution in [0, 0.1) is 20.8 Å². The molecule has 0 bridgehead atoms. The fraction of sp³-hybridized carbons (Fsp3) is 0.176. The summed E-state index contributed by atoms with van der Waals surface area (Å²) in [5, 5.41) is 3.72. The Bertz CT molecular complexity index is 925. The fourth-order valence-corrected chi connectivity index (χ4v) is 2.29. The first-order valence-electron chi connectivity index (χ1n) is 7.52. The van der Waals surface area contributed by atoms with Gasteiger partial charge in [-0.05, 0) is 51.1 Å². The molecule has 1 aromatic carbocycles. The molecule has 128 valence electrons. The summed E-state index contributed by atoms with van der Waals surface area (Å²) in [6.45, 7) is 5.15. The van der Waals surface area contributed by atoms with E-state index in [1.165, 1.54) is 0 Å². The highest BCUT2D eigenvalue weighted by molar-refractivity contribution is 5.99. The summed E-state index contributed by atoms with van der Waals surface area (Å²) >= 11 is 0. The molecule has 0 saturated heterocycles. The van der Waals surface area contributed by atoms with Crippen molar-refractivity contribution in [2.45, 2.75) is 20.8 Å². The molecule has 0 unspecified atom stereocenters. The van der Waals surface area contributed by atoms with Crippen LogP contribution < -0.4 is 10.9 Å². The summed E-state index contributed by atoms with van der Waals surface area (Å²) in [4.78, 5) is 28.3. The Hall–Kier alpha value is -3.42. The van der Waals surface area contributed by atoms with E-state index >= 15 is 0 Å². The van der Waals surface area contributed by atoms with Gasteiger partial charge in [-0.2, -0.15) is 4.98 Å². The molecule has 3 aromatic rings. The van der Waals surface area contributed by atoms with Crippen LogP contribution in [0.2, 0.25) is 0 Å². The highest BCUT2D eigenvalue weighted by Crippen LogP contribution is 2.17. The van der Waals surface area contributed by atoms with Crippen LogP contribution in [0.4, 0.5) is 0 Å². The molecule has 0 atom stereocenters. The lowest BCUT2D eigenvalue weighted by Crippen LogP contribution is -2.41. The Labute approximate surface area is 143 Å². The standard InChI is InChI=1S/C17H16N4O4/c1-9-8-14(10(2)24-9)16(23)20-19-15(22)12-4-6-13(7-5-12)17-18-11(3)21-25-17/h4-8H,1-3H3,(H,19,22)(H,20,23). The minimum Gasteiger partial charge on any atom is -0.466 e. The maximum Gasteiger partial charge on any atom is 0.273 e. The van der Waals surface area contributed by atoms with Crippen molar-refractivity contribution in [2.75, 3.05) is 0 Å². The molecule has 0 saturated carbocycles. The number of nitrogens with one attached hydrogen (secondary N) is 2. The number of amides is 2. The average molecular weight is 340 g/mol. The van der Waals surface area contributed by atoms with Crippen molar-refractivity contribution in [1.82, 2.24) is 21.0 Å². The summed E-state index contributed by atoms with van der Waals surface area (Å²) in [6.07, 6.45) is 0. The number of carbonyl (C=O) groups excluding carboxylic acids is 2. The lowest BCUT2D eigenvalue weighted by molar-refractivity contribution is 0.0845. The van der Waals surface area contributed by atoms with Gasteiger partial charge in [0.05, 0.1) is 5.56 Å². The highest BCUT2D eigenvalue weighted by atomic mass is 16.5. The molecule has 8 heteroatoms. The quantitative estimate of drug-likeness (QED) is 0.708. The van der Waals surface area contributed by atoms with Crippen molar-refractivity contribution in [2.24, 2.45) is 0 Å². The third-order valence-electron chi connectivity index (χ3n) is 3.50. The second-order valence-corrected chi connectivity index (χ2v) is 5.46. The van der Waals surface area contributed by atoms with Crippen LogP contribution in [0.5, 0.6) is 0 Å². The zero-order chi connectivity index (χ0) is 18.0. The molecular formula is C17H16N4O4. The molecule has 8 nitrogen and oxygen atoms in total. The summed E-state index contributed by atoms with van der Waals surface area (Å²) in [7, 11) is 0. The van der Waals surface area contributed by atoms with Gasteiger partial charge in [0.15, 0.2) is 5.82 Å². The van der Waals surface area contributed by atoms with Crippen molar-refractivity contribution in [3.05, 3.63) is 58.8 Å². The molecular weight excluding hydrogens is 324 g/mol. The van der Waals surface area contributed by atoms with Gasteiger partial charge in [-0.25, -0.2) is 0 Å². The second kappa shape index (κ2) is 6.60. The molecule has 0 radical (unpaired) electrons. The number of aromatic nitrogens is 2. The number of benzene rings is 1. The average Bonchev–Trinajstić information content (AvgIpc) is 3.17. The number of rotatable bonds is 3. The van der Waals surface area contributed by atoms with E-state index in [2.05, 4.69) is 21.0 Å². The van der Waals surface area contributed by atoms with Crippen molar-refractivity contribution in [1.29, 1.82) is 0 Å². The maximum absolute atomic E-state index is 12.1. The van der Waals surface area contributed by atoms with Crippen LogP contribution in [0.1, 0.15) is 38.1 Å². The Kier molecular flexibility index (Phi) is 4.34. The van der Waals surface area contributed by atoms with E-state index in [1.54, 1.807) is 51.1 Å². The van der Waals surface area contributed by atoms with Gasteiger partial charge in [-0.15, -0.1) is 0 Å². The lowest BCUT2D eigenvalue weighted by Gasteiger charge is -2.07. The number of hydrogen-bond acceptors (Lipinski definition) is 6. The van der Waals surface area contributed by atoms with Crippen LogP contribution in [0.3, 0.4) is 0 Å². The summed E-state index contributed by atoms with van der Waals surface area (Å²) in [5.74, 6) is 1.14. The molecule has 0 spiro atoms. The van der Waals surface area contributed by atoms with Gasteiger partial charge >= 0.3 is 0 Å². The third-order valence-corrected chi connectivity index (χ3v) is 3.50. The number of nitrogens with zero attached hydrogens (tertiary/aromatic N) is 2. The Morgan fingerprint density at radius 3 is 2.24 bits per heavy atom. The first-order chi connectivity index (χ1) is 11.9. The normalized spacial score (nSPS) is 10.5. The van der Waals surface area contributed by atoms with Crippen LogP contribution in [0.15, 0.2) is 39.3 Å². The van der Waals surface area contributed by atoms with Gasteiger partial charge in [0.1, 0.15) is 11.5 Å². The van der Waals surface area contributed by atoms with Crippen molar-refractivity contribution in [3.8, 4) is 11.5 Å². The predicted octanol–water partition coefficient (Wildman–Crippen LogP) is 2.33. The smallest absolute Gasteiger partial charge is 0.273 e. The predicted molar refractivity (Wildman–Crippen MR) is 87.6 cm³/mol. The molecule has 3 rings (SSSR count). The maximum atomic E-state index is 12.1. The van der Waals surface area contributed by atoms with E-state index in [1.807, 2.05) is 0 Å². The second-order valence-electron chi connectivity index (χ2n) is 5.46. The molecule has 0 aliphatic rings. The third kappa shape index (κ3) is 3.57. The number of aryl methyl sites for hydroxylation is 3. The Morgan fingerprint density at radius 2 is 1.68 bits per heavy atom. The Balaban J connectivity index is 1.63. The molecule has 0 fully saturated rings. The molecule has 0 aliphatic heterocycles. The molecule has 2 N–H and O–H groups in total. The first kappa shape index (κ1) is 16.4. The summed E-state index contributed by atoms with van der Waals surface area (Å²) in [5.41, 5.74) is 6.18. The van der Waals surface area contributed by atoms with Crippen LogP contribution in [0.25, 0.3) is 11.5 Å². The molecule has 2 heterocycles. The zero-order valence-corrected chi connectivity index (χ0v) is 13.9. The van der Waals surface area contributed by atoms with E-state index in [-0.39, 0.29) is 0 Å². The molecule has 2 aromatic heterocycles. The zero-order valence-electron chi connectivity index (χ0n) is 13.9. The summed E-state index contributed by atoms with van der Waals surface area (Å²) in [6, 6.07) is 8.19. The van der Waals surface area contributed by atoms with Crippen molar-refractivity contribution >= 4 is 11.8 Å². The van der Waals surface area contributed by atoms with E-state index in [0.717, 1.165) is 0 Å². The van der Waals surface area contributed by atoms with Crippen LogP contribution >= 0.6 is 0 Å². The van der Waals surface area contributed by atoms with E-state index in [9.17, 15) is 9.59 Å². The number of hydrogen-bond donors (Lipinski definition) is 2. The summed E-state index contributed by atoms with van der Waals surface area (Å²) < 4.78 is 10.4. The minimum absolute atomic E-state index is 0.375. The monoisotopic (exact) mass is 340 g/mol. The van der Waals surface area contributed by atoms with Crippen LogP contribution in [-0.2, 0) is 0 Å². The number of carbonyl (C=O) groups is 2.